The topological polar surface area (TPSA) is 3.24 Å². The van der Waals surface area contributed by atoms with E-state index in [-0.39, 0.29) is 5.41 Å². The smallest absolute Gasteiger partial charge is 0.0546 e. The molecule has 9 aromatic carbocycles. The van der Waals surface area contributed by atoms with E-state index in [2.05, 4.69) is 219 Å². The molecule has 0 amide bonds. The van der Waals surface area contributed by atoms with Crippen LogP contribution in [0.1, 0.15) is 25.0 Å². The molecule has 0 saturated carbocycles. The van der Waals surface area contributed by atoms with E-state index in [4.69, 9.17) is 0 Å². The Hall–Kier alpha value is -6.70. The maximum absolute atomic E-state index is 2.48. The highest BCUT2D eigenvalue weighted by Gasteiger charge is 2.36. The van der Waals surface area contributed by atoms with Crippen LogP contribution in [0, 0.1) is 0 Å². The summed E-state index contributed by atoms with van der Waals surface area (Å²) in [4.78, 5) is 2.48. The second-order valence-electron chi connectivity index (χ2n) is 14.9. The van der Waals surface area contributed by atoms with Crippen molar-refractivity contribution in [1.29, 1.82) is 0 Å². The highest BCUT2D eigenvalue weighted by molar-refractivity contribution is 6.07. The predicted octanol–water partition coefficient (Wildman–Crippen LogP) is 14.8. The normalized spacial score (nSPS) is 12.8. The fourth-order valence-corrected chi connectivity index (χ4v) is 8.74. The van der Waals surface area contributed by atoms with Crippen molar-refractivity contribution in [3.63, 3.8) is 0 Å². The average molecular weight is 690 g/mol. The maximum Gasteiger partial charge on any atom is 0.0546 e. The summed E-state index contributed by atoms with van der Waals surface area (Å²) in [5.74, 6) is 0. The summed E-state index contributed by atoms with van der Waals surface area (Å²) in [5.41, 5.74) is 15.9. The number of benzene rings is 9. The minimum absolute atomic E-state index is 0.129. The van der Waals surface area contributed by atoms with Crippen molar-refractivity contribution in [2.45, 2.75) is 19.3 Å². The standard InChI is InChI=1S/C53H39N/c1-53(2)49-24-11-10-21-46(49)47-33-32-43(35-50(47)53)54(42-30-28-38(29-31-42)36-14-4-3-5-15-36)51-25-13-22-45(41-27-26-37-16-6-7-18-40(37)34-41)52(51)48-23-12-19-39-17-8-9-20-44(39)48/h3-35H,1-2H3. The van der Waals surface area contributed by atoms with Gasteiger partial charge in [0.2, 0.25) is 0 Å². The van der Waals surface area contributed by atoms with Gasteiger partial charge < -0.3 is 4.90 Å². The lowest BCUT2D eigenvalue weighted by Gasteiger charge is -2.31. The van der Waals surface area contributed by atoms with Gasteiger partial charge in [0.1, 0.15) is 0 Å². The van der Waals surface area contributed by atoms with E-state index in [1.165, 1.54) is 77.2 Å². The second kappa shape index (κ2) is 12.8. The van der Waals surface area contributed by atoms with Gasteiger partial charge in [0.15, 0.2) is 0 Å². The second-order valence-corrected chi connectivity index (χ2v) is 14.9. The van der Waals surface area contributed by atoms with E-state index < -0.39 is 0 Å². The number of fused-ring (bicyclic) bond motifs is 5. The Bertz CT molecular complexity index is 2840. The van der Waals surface area contributed by atoms with Gasteiger partial charge in [-0.25, -0.2) is 0 Å². The largest absolute Gasteiger partial charge is 0.310 e. The molecule has 0 aliphatic heterocycles. The van der Waals surface area contributed by atoms with E-state index in [9.17, 15) is 0 Å². The molecule has 1 aliphatic rings. The quantitative estimate of drug-likeness (QED) is 0.168. The van der Waals surface area contributed by atoms with Crippen LogP contribution in [-0.4, -0.2) is 0 Å². The average Bonchev–Trinajstić information content (AvgIpc) is 3.46. The lowest BCUT2D eigenvalue weighted by Crippen LogP contribution is -2.17. The predicted molar refractivity (Wildman–Crippen MR) is 230 cm³/mol. The van der Waals surface area contributed by atoms with Crippen molar-refractivity contribution in [3.05, 3.63) is 211 Å². The molecular formula is C53H39N. The molecule has 1 heteroatoms. The van der Waals surface area contributed by atoms with E-state index >= 15 is 0 Å². The molecule has 0 atom stereocenters. The molecular weight excluding hydrogens is 651 g/mol. The van der Waals surface area contributed by atoms with Crippen molar-refractivity contribution < 1.29 is 0 Å². The molecule has 256 valence electrons. The Balaban J connectivity index is 1.25. The van der Waals surface area contributed by atoms with Crippen LogP contribution < -0.4 is 4.90 Å². The Labute approximate surface area is 317 Å². The van der Waals surface area contributed by atoms with Crippen molar-refractivity contribution >= 4 is 38.6 Å². The molecule has 0 radical (unpaired) electrons. The van der Waals surface area contributed by atoms with E-state index in [0.717, 1.165) is 17.1 Å². The maximum atomic E-state index is 2.48. The fourth-order valence-electron chi connectivity index (χ4n) is 8.74. The Morgan fingerprint density at radius 2 is 0.944 bits per heavy atom. The summed E-state index contributed by atoms with van der Waals surface area (Å²) in [6, 6.07) is 73.6. The Kier molecular flexibility index (Phi) is 7.56. The molecule has 0 unspecified atom stereocenters. The zero-order chi connectivity index (χ0) is 36.2. The Morgan fingerprint density at radius 3 is 1.80 bits per heavy atom. The number of anilines is 3. The van der Waals surface area contributed by atoms with Crippen LogP contribution in [0.2, 0.25) is 0 Å². The molecule has 9 aromatic rings. The molecule has 0 spiro atoms. The summed E-state index contributed by atoms with van der Waals surface area (Å²) < 4.78 is 0. The van der Waals surface area contributed by atoms with Gasteiger partial charge in [0, 0.05) is 22.4 Å². The zero-order valence-corrected chi connectivity index (χ0v) is 30.5. The lowest BCUT2D eigenvalue weighted by atomic mass is 9.82. The minimum Gasteiger partial charge on any atom is -0.310 e. The van der Waals surface area contributed by atoms with Gasteiger partial charge in [0.25, 0.3) is 0 Å². The zero-order valence-electron chi connectivity index (χ0n) is 30.5. The Morgan fingerprint density at radius 1 is 0.352 bits per heavy atom. The monoisotopic (exact) mass is 689 g/mol. The van der Waals surface area contributed by atoms with Crippen molar-refractivity contribution in [2.75, 3.05) is 4.90 Å². The first kappa shape index (κ1) is 32.0. The van der Waals surface area contributed by atoms with Gasteiger partial charge in [-0.05, 0) is 108 Å². The molecule has 0 saturated heterocycles. The van der Waals surface area contributed by atoms with Crippen molar-refractivity contribution in [1.82, 2.24) is 0 Å². The van der Waals surface area contributed by atoms with Crippen molar-refractivity contribution in [3.8, 4) is 44.5 Å². The number of hydrogen-bond acceptors (Lipinski definition) is 1. The summed E-state index contributed by atoms with van der Waals surface area (Å²) in [6.07, 6.45) is 0. The van der Waals surface area contributed by atoms with E-state index in [0.29, 0.717) is 0 Å². The number of rotatable bonds is 6. The highest BCUT2D eigenvalue weighted by Crippen LogP contribution is 2.52. The van der Waals surface area contributed by atoms with Crippen LogP contribution in [0.15, 0.2) is 200 Å². The molecule has 1 nitrogen and oxygen atoms in total. The van der Waals surface area contributed by atoms with Crippen LogP contribution in [0.4, 0.5) is 17.1 Å². The van der Waals surface area contributed by atoms with Gasteiger partial charge in [-0.2, -0.15) is 0 Å². The van der Waals surface area contributed by atoms with E-state index in [1.807, 2.05) is 0 Å². The SMILES string of the molecule is CC1(C)c2ccccc2-c2ccc(N(c3ccc(-c4ccccc4)cc3)c3cccc(-c4ccc5ccccc5c4)c3-c3cccc4ccccc34)cc21. The fraction of sp³-hybridized carbons (Fsp3) is 0.0566. The molecule has 0 aromatic heterocycles. The minimum atomic E-state index is -0.129. The van der Waals surface area contributed by atoms with Crippen LogP contribution in [0.3, 0.4) is 0 Å². The van der Waals surface area contributed by atoms with Gasteiger partial charge in [-0.15, -0.1) is 0 Å². The van der Waals surface area contributed by atoms with Crippen LogP contribution in [0.5, 0.6) is 0 Å². The molecule has 0 bridgehead atoms. The van der Waals surface area contributed by atoms with Crippen LogP contribution >= 0.6 is 0 Å². The van der Waals surface area contributed by atoms with Gasteiger partial charge in [0.05, 0.1) is 5.69 Å². The van der Waals surface area contributed by atoms with Crippen LogP contribution in [-0.2, 0) is 5.41 Å². The number of nitrogens with zero attached hydrogens (tertiary/aromatic N) is 1. The third-order valence-electron chi connectivity index (χ3n) is 11.5. The van der Waals surface area contributed by atoms with Gasteiger partial charge in [-0.1, -0.05) is 178 Å². The van der Waals surface area contributed by atoms with Crippen LogP contribution in [0.25, 0.3) is 66.1 Å². The first-order valence-corrected chi connectivity index (χ1v) is 18.8. The molecule has 54 heavy (non-hydrogen) atoms. The first-order chi connectivity index (χ1) is 26.5. The third kappa shape index (κ3) is 5.24. The lowest BCUT2D eigenvalue weighted by molar-refractivity contribution is 0.660. The summed E-state index contributed by atoms with van der Waals surface area (Å²) >= 11 is 0. The first-order valence-electron chi connectivity index (χ1n) is 18.8. The molecule has 0 fully saturated rings. The number of hydrogen-bond donors (Lipinski definition) is 0. The summed E-state index contributed by atoms with van der Waals surface area (Å²) in [5, 5.41) is 4.94. The third-order valence-corrected chi connectivity index (χ3v) is 11.5. The summed E-state index contributed by atoms with van der Waals surface area (Å²) in [6.45, 7) is 4.73. The van der Waals surface area contributed by atoms with Crippen molar-refractivity contribution in [2.24, 2.45) is 0 Å². The highest BCUT2D eigenvalue weighted by atomic mass is 15.1. The van der Waals surface area contributed by atoms with Gasteiger partial charge in [-0.3, -0.25) is 0 Å². The molecule has 10 rings (SSSR count). The van der Waals surface area contributed by atoms with E-state index in [1.54, 1.807) is 0 Å². The summed E-state index contributed by atoms with van der Waals surface area (Å²) in [7, 11) is 0. The molecule has 0 N–H and O–H groups in total. The molecule has 0 heterocycles. The molecule has 1 aliphatic carbocycles. The van der Waals surface area contributed by atoms with Gasteiger partial charge >= 0.3 is 0 Å².